The van der Waals surface area contributed by atoms with Gasteiger partial charge in [0.2, 0.25) is 5.91 Å². The lowest BCUT2D eigenvalue weighted by molar-refractivity contribution is -0.137. The van der Waals surface area contributed by atoms with Crippen LogP contribution in [0.5, 0.6) is 0 Å². The number of halogens is 3. The van der Waals surface area contributed by atoms with E-state index in [0.29, 0.717) is 33.5 Å². The number of urea groups is 1. The van der Waals surface area contributed by atoms with Crippen molar-refractivity contribution in [2.75, 3.05) is 10.2 Å². The van der Waals surface area contributed by atoms with Gasteiger partial charge in [0.15, 0.2) is 0 Å². The second-order valence-electron chi connectivity index (χ2n) is 9.13. The summed E-state index contributed by atoms with van der Waals surface area (Å²) in [6, 6.07) is 16.9. The van der Waals surface area contributed by atoms with Crippen molar-refractivity contribution in [3.05, 3.63) is 89.0 Å². The number of hydrogen-bond donors (Lipinski definition) is 2. The van der Waals surface area contributed by atoms with Gasteiger partial charge in [-0.3, -0.25) is 9.59 Å². The lowest BCUT2D eigenvalue weighted by Crippen LogP contribution is -2.43. The number of carbonyl (C=O) groups is 3. The number of carbonyl (C=O) groups excluding carboxylic acids is 3. The van der Waals surface area contributed by atoms with Gasteiger partial charge in [-0.1, -0.05) is 18.2 Å². The van der Waals surface area contributed by atoms with Crippen LogP contribution >= 0.6 is 0 Å². The van der Waals surface area contributed by atoms with Gasteiger partial charge < -0.3 is 16.0 Å². The number of primary amides is 1. The Labute approximate surface area is 216 Å². The molecule has 0 unspecified atom stereocenters. The Morgan fingerprint density at radius 2 is 1.71 bits per heavy atom. The standard InChI is InChI=1S/C27H22F3N5O3/c1-26(2)24(37)35(20-12-9-17(14-31)21(13-20)27(28,29)30)25(38)34(26)15-18-5-3-4-6-22(18)33-19-10-7-16(8-11-19)23(32)36/h3-13,33H,15H2,1-2H3,(H2,32,36). The first kappa shape index (κ1) is 26.2. The number of nitrogens with one attached hydrogen (secondary N) is 1. The van der Waals surface area contributed by atoms with Crippen LogP contribution < -0.4 is 16.0 Å². The van der Waals surface area contributed by atoms with Crippen LogP contribution in [-0.4, -0.2) is 28.3 Å². The van der Waals surface area contributed by atoms with Crippen molar-refractivity contribution in [2.24, 2.45) is 5.73 Å². The molecule has 4 rings (SSSR count). The summed E-state index contributed by atoms with van der Waals surface area (Å²) in [5.74, 6) is -1.27. The number of nitrogens with zero attached hydrogens (tertiary/aromatic N) is 3. The molecular formula is C27H22F3N5O3. The van der Waals surface area contributed by atoms with Gasteiger partial charge in [-0.15, -0.1) is 0 Å². The molecule has 3 aromatic rings. The van der Waals surface area contributed by atoms with Gasteiger partial charge >= 0.3 is 12.2 Å². The maximum atomic E-state index is 13.5. The van der Waals surface area contributed by atoms with Gasteiger partial charge in [0.1, 0.15) is 5.54 Å². The number of alkyl halides is 3. The van der Waals surface area contributed by atoms with E-state index in [1.807, 2.05) is 0 Å². The minimum Gasteiger partial charge on any atom is -0.366 e. The molecule has 194 valence electrons. The van der Waals surface area contributed by atoms with Gasteiger partial charge in [-0.2, -0.15) is 18.4 Å². The van der Waals surface area contributed by atoms with E-state index in [-0.39, 0.29) is 12.2 Å². The average molecular weight is 521 g/mol. The second kappa shape index (κ2) is 9.55. The Bertz CT molecular complexity index is 1480. The fraction of sp³-hybridized carbons (Fsp3) is 0.185. The molecular weight excluding hydrogens is 499 g/mol. The number of nitriles is 1. The molecule has 1 aliphatic heterocycles. The van der Waals surface area contributed by atoms with Crippen LogP contribution in [0.2, 0.25) is 0 Å². The number of nitrogens with two attached hydrogens (primary N) is 1. The molecule has 11 heteroatoms. The molecule has 1 aliphatic rings. The molecule has 1 fully saturated rings. The van der Waals surface area contributed by atoms with E-state index >= 15 is 0 Å². The first-order valence-electron chi connectivity index (χ1n) is 11.4. The molecule has 3 aromatic carbocycles. The molecule has 0 bridgehead atoms. The smallest absolute Gasteiger partial charge is 0.366 e. The zero-order chi connectivity index (χ0) is 27.8. The molecule has 8 nitrogen and oxygen atoms in total. The highest BCUT2D eigenvalue weighted by Gasteiger charge is 2.52. The highest BCUT2D eigenvalue weighted by Crippen LogP contribution is 2.38. The number of benzene rings is 3. The van der Waals surface area contributed by atoms with E-state index in [9.17, 15) is 27.6 Å². The topological polar surface area (TPSA) is 120 Å². The molecule has 1 saturated heterocycles. The van der Waals surface area contributed by atoms with Crippen LogP contribution in [0.15, 0.2) is 66.7 Å². The molecule has 0 atom stereocenters. The molecule has 4 amide bonds. The monoisotopic (exact) mass is 521 g/mol. The van der Waals surface area contributed by atoms with Crippen molar-refractivity contribution < 1.29 is 27.6 Å². The minimum absolute atomic E-state index is 0.0287. The van der Waals surface area contributed by atoms with Crippen molar-refractivity contribution in [2.45, 2.75) is 32.1 Å². The van der Waals surface area contributed by atoms with Crippen LogP contribution in [0.4, 0.5) is 35.0 Å². The molecule has 0 aliphatic carbocycles. The first-order chi connectivity index (χ1) is 17.8. The number of anilines is 3. The van der Waals surface area contributed by atoms with Gasteiger partial charge in [-0.25, -0.2) is 9.69 Å². The third-order valence-electron chi connectivity index (χ3n) is 6.30. The summed E-state index contributed by atoms with van der Waals surface area (Å²) in [5, 5.41) is 12.3. The molecule has 1 heterocycles. The van der Waals surface area contributed by atoms with E-state index in [1.54, 1.807) is 48.5 Å². The van der Waals surface area contributed by atoms with E-state index in [1.165, 1.54) is 24.8 Å². The predicted octanol–water partition coefficient (Wildman–Crippen LogP) is 5.17. The number of amides is 4. The Balaban J connectivity index is 1.65. The number of para-hydroxylation sites is 1. The molecule has 3 N–H and O–H groups in total. The van der Waals surface area contributed by atoms with E-state index in [0.717, 1.165) is 12.1 Å². The van der Waals surface area contributed by atoms with Crippen molar-refractivity contribution in [1.82, 2.24) is 4.90 Å². The van der Waals surface area contributed by atoms with E-state index in [4.69, 9.17) is 11.0 Å². The highest BCUT2D eigenvalue weighted by atomic mass is 19.4. The zero-order valence-corrected chi connectivity index (χ0v) is 20.3. The van der Waals surface area contributed by atoms with Gasteiger partial charge in [0.05, 0.1) is 29.4 Å². The van der Waals surface area contributed by atoms with Gasteiger partial charge in [0, 0.05) is 16.9 Å². The largest absolute Gasteiger partial charge is 0.417 e. The van der Waals surface area contributed by atoms with Gasteiger partial charge in [0.25, 0.3) is 5.91 Å². The number of imide groups is 1. The van der Waals surface area contributed by atoms with Gasteiger partial charge in [-0.05, 0) is 67.9 Å². The second-order valence-corrected chi connectivity index (χ2v) is 9.13. The predicted molar refractivity (Wildman–Crippen MR) is 133 cm³/mol. The van der Waals surface area contributed by atoms with Crippen LogP contribution in [0.1, 0.15) is 40.9 Å². The molecule has 0 radical (unpaired) electrons. The van der Waals surface area contributed by atoms with Crippen LogP contribution in [0.25, 0.3) is 0 Å². The fourth-order valence-corrected chi connectivity index (χ4v) is 4.16. The number of rotatable bonds is 6. The van der Waals surface area contributed by atoms with Crippen molar-refractivity contribution in [1.29, 1.82) is 5.26 Å². The van der Waals surface area contributed by atoms with Crippen molar-refractivity contribution in [3.8, 4) is 6.07 Å². The SMILES string of the molecule is CC1(C)C(=O)N(c2ccc(C#N)c(C(F)(F)F)c2)C(=O)N1Cc1ccccc1Nc1ccc(C(N)=O)cc1. The number of hydrogen-bond acceptors (Lipinski definition) is 5. The fourth-order valence-electron chi connectivity index (χ4n) is 4.16. The summed E-state index contributed by atoms with van der Waals surface area (Å²) >= 11 is 0. The van der Waals surface area contributed by atoms with Crippen LogP contribution in [0.3, 0.4) is 0 Å². The summed E-state index contributed by atoms with van der Waals surface area (Å²) in [7, 11) is 0. The Hall–Kier alpha value is -4.85. The maximum Gasteiger partial charge on any atom is 0.417 e. The van der Waals surface area contributed by atoms with Crippen LogP contribution in [-0.2, 0) is 17.5 Å². The molecule has 0 saturated carbocycles. The Kier molecular flexibility index (Phi) is 6.59. The molecule has 38 heavy (non-hydrogen) atoms. The summed E-state index contributed by atoms with van der Waals surface area (Å²) in [5.41, 5.74) is 4.02. The highest BCUT2D eigenvalue weighted by molar-refractivity contribution is 6.23. The Morgan fingerprint density at radius 3 is 2.32 bits per heavy atom. The summed E-state index contributed by atoms with van der Waals surface area (Å²) in [4.78, 5) is 40.0. The lowest BCUT2D eigenvalue weighted by Gasteiger charge is -2.28. The quantitative estimate of drug-likeness (QED) is 0.434. The summed E-state index contributed by atoms with van der Waals surface area (Å²) in [6.45, 7) is 3.00. The Morgan fingerprint density at radius 1 is 1.05 bits per heavy atom. The molecule has 0 aromatic heterocycles. The average Bonchev–Trinajstić information content (AvgIpc) is 3.03. The summed E-state index contributed by atoms with van der Waals surface area (Å²) in [6.07, 6.45) is -4.84. The summed E-state index contributed by atoms with van der Waals surface area (Å²) < 4.78 is 40.6. The van der Waals surface area contributed by atoms with Crippen LogP contribution in [0, 0.1) is 11.3 Å². The van der Waals surface area contributed by atoms with E-state index < -0.39 is 40.7 Å². The third kappa shape index (κ3) is 4.76. The lowest BCUT2D eigenvalue weighted by atomic mass is 10.0. The maximum absolute atomic E-state index is 13.5. The van der Waals surface area contributed by atoms with E-state index in [2.05, 4.69) is 5.32 Å². The third-order valence-corrected chi connectivity index (χ3v) is 6.30. The van der Waals surface area contributed by atoms with Crippen molar-refractivity contribution in [3.63, 3.8) is 0 Å². The first-order valence-corrected chi connectivity index (χ1v) is 11.4. The van der Waals surface area contributed by atoms with Crippen molar-refractivity contribution >= 4 is 34.9 Å². The molecule has 0 spiro atoms. The normalized spacial score (nSPS) is 14.9. The minimum atomic E-state index is -4.84. The zero-order valence-electron chi connectivity index (χ0n) is 20.3.